The third kappa shape index (κ3) is 4.48. The van der Waals surface area contributed by atoms with Crippen LogP contribution in [-0.4, -0.2) is 26.3 Å². The second-order valence-corrected chi connectivity index (χ2v) is 6.56. The average Bonchev–Trinajstić information content (AvgIpc) is 2.44. The summed E-state index contributed by atoms with van der Waals surface area (Å²) in [6.07, 6.45) is 2.27. The zero-order chi connectivity index (χ0) is 15.3. The summed E-state index contributed by atoms with van der Waals surface area (Å²) >= 11 is 0. The third-order valence-electron chi connectivity index (χ3n) is 4.07. The summed E-state index contributed by atoms with van der Waals surface area (Å²) in [6, 6.07) is 4.07. The Morgan fingerprint density at radius 2 is 2.00 bits per heavy atom. The van der Waals surface area contributed by atoms with Crippen LogP contribution in [0.25, 0.3) is 0 Å². The Labute approximate surface area is 125 Å². The molecule has 1 aromatic rings. The van der Waals surface area contributed by atoms with Crippen molar-refractivity contribution in [2.24, 2.45) is 11.3 Å². The number of hydrogen-bond acceptors (Lipinski definition) is 2. The van der Waals surface area contributed by atoms with Gasteiger partial charge in [0.1, 0.15) is 11.6 Å². The standard InChI is InChI=1S/C17H25F2NO/c1-13(2)10-20-11-17(7-4-8-21-12-17)9-14-15(18)5-3-6-16(14)19/h3,5-6,13,20H,4,7-12H2,1-2H3. The molecule has 1 aliphatic rings. The van der Waals surface area contributed by atoms with E-state index in [0.29, 0.717) is 18.9 Å². The highest BCUT2D eigenvalue weighted by Gasteiger charge is 2.34. The molecule has 1 atom stereocenters. The van der Waals surface area contributed by atoms with Crippen LogP contribution in [0.2, 0.25) is 0 Å². The summed E-state index contributed by atoms with van der Waals surface area (Å²) in [6.45, 7) is 7.24. The molecule has 1 heterocycles. The first-order valence-electron chi connectivity index (χ1n) is 7.74. The highest BCUT2D eigenvalue weighted by molar-refractivity contribution is 5.21. The Morgan fingerprint density at radius 1 is 1.29 bits per heavy atom. The Kier molecular flexibility index (Phi) is 5.71. The molecule has 1 saturated heterocycles. The van der Waals surface area contributed by atoms with Crippen molar-refractivity contribution in [3.05, 3.63) is 35.4 Å². The molecule has 21 heavy (non-hydrogen) atoms. The number of ether oxygens (including phenoxy) is 1. The molecule has 4 heteroatoms. The van der Waals surface area contributed by atoms with Gasteiger partial charge in [0, 0.05) is 24.1 Å². The van der Waals surface area contributed by atoms with Crippen molar-refractivity contribution in [3.63, 3.8) is 0 Å². The van der Waals surface area contributed by atoms with Crippen LogP contribution >= 0.6 is 0 Å². The zero-order valence-corrected chi connectivity index (χ0v) is 12.9. The lowest BCUT2D eigenvalue weighted by Crippen LogP contribution is -2.43. The SMILES string of the molecule is CC(C)CNCC1(Cc2c(F)cccc2F)CCCOC1. The Morgan fingerprint density at radius 3 is 2.57 bits per heavy atom. The van der Waals surface area contributed by atoms with Crippen molar-refractivity contribution in [1.82, 2.24) is 5.32 Å². The van der Waals surface area contributed by atoms with E-state index in [2.05, 4.69) is 19.2 Å². The van der Waals surface area contributed by atoms with Crippen molar-refractivity contribution >= 4 is 0 Å². The molecule has 1 aromatic carbocycles. The van der Waals surface area contributed by atoms with Gasteiger partial charge in [-0.15, -0.1) is 0 Å². The lowest BCUT2D eigenvalue weighted by atomic mass is 9.77. The molecule has 0 aromatic heterocycles. The van der Waals surface area contributed by atoms with Crippen molar-refractivity contribution < 1.29 is 13.5 Å². The summed E-state index contributed by atoms with van der Waals surface area (Å²) < 4.78 is 33.5. The predicted molar refractivity (Wildman–Crippen MR) is 80.3 cm³/mol. The molecule has 0 spiro atoms. The van der Waals surface area contributed by atoms with Gasteiger partial charge in [-0.2, -0.15) is 0 Å². The van der Waals surface area contributed by atoms with E-state index in [1.54, 1.807) is 0 Å². The first-order valence-corrected chi connectivity index (χ1v) is 7.74. The van der Waals surface area contributed by atoms with E-state index >= 15 is 0 Å². The van der Waals surface area contributed by atoms with Crippen molar-refractivity contribution in [2.45, 2.75) is 33.1 Å². The summed E-state index contributed by atoms with van der Waals surface area (Å²) in [5.74, 6) is -0.357. The minimum Gasteiger partial charge on any atom is -0.381 e. The first-order chi connectivity index (χ1) is 10.0. The normalized spacial score (nSPS) is 22.7. The molecule has 0 saturated carbocycles. The molecule has 1 fully saturated rings. The van der Waals surface area contributed by atoms with E-state index in [-0.39, 0.29) is 11.0 Å². The van der Waals surface area contributed by atoms with E-state index in [1.165, 1.54) is 18.2 Å². The minimum atomic E-state index is -0.455. The predicted octanol–water partition coefficient (Wildman–Crippen LogP) is 3.55. The van der Waals surface area contributed by atoms with Crippen LogP contribution in [0.5, 0.6) is 0 Å². The molecule has 0 radical (unpaired) electrons. The number of halogens is 2. The molecule has 1 N–H and O–H groups in total. The summed E-state index contributed by atoms with van der Waals surface area (Å²) in [4.78, 5) is 0. The highest BCUT2D eigenvalue weighted by atomic mass is 19.1. The van der Waals surface area contributed by atoms with E-state index in [9.17, 15) is 8.78 Å². The molecule has 0 amide bonds. The van der Waals surface area contributed by atoms with Crippen molar-refractivity contribution in [1.29, 1.82) is 0 Å². The third-order valence-corrected chi connectivity index (χ3v) is 4.07. The van der Waals surface area contributed by atoms with Gasteiger partial charge in [0.2, 0.25) is 0 Å². The Hall–Kier alpha value is -1.00. The van der Waals surface area contributed by atoms with E-state index in [1.807, 2.05) is 0 Å². The highest BCUT2D eigenvalue weighted by Crippen LogP contribution is 2.33. The molecule has 0 bridgehead atoms. The maximum atomic E-state index is 13.9. The van der Waals surface area contributed by atoms with Gasteiger partial charge < -0.3 is 10.1 Å². The van der Waals surface area contributed by atoms with Gasteiger partial charge in [0.05, 0.1) is 6.61 Å². The van der Waals surface area contributed by atoms with Crippen LogP contribution in [0.1, 0.15) is 32.3 Å². The maximum Gasteiger partial charge on any atom is 0.129 e. The maximum absolute atomic E-state index is 13.9. The largest absolute Gasteiger partial charge is 0.381 e. The molecule has 2 rings (SSSR count). The lowest BCUT2D eigenvalue weighted by Gasteiger charge is -2.38. The molecule has 118 valence electrons. The average molecular weight is 297 g/mol. The van der Waals surface area contributed by atoms with Crippen LogP contribution in [-0.2, 0) is 11.2 Å². The fraction of sp³-hybridized carbons (Fsp3) is 0.647. The Balaban J connectivity index is 2.12. The second kappa shape index (κ2) is 7.32. The second-order valence-electron chi connectivity index (χ2n) is 6.56. The summed E-state index contributed by atoms with van der Waals surface area (Å²) in [7, 11) is 0. The number of rotatable bonds is 6. The fourth-order valence-electron chi connectivity index (χ4n) is 2.95. The van der Waals surface area contributed by atoms with Gasteiger partial charge in [0.15, 0.2) is 0 Å². The quantitative estimate of drug-likeness (QED) is 0.867. The van der Waals surface area contributed by atoms with Crippen LogP contribution in [0.4, 0.5) is 8.78 Å². The van der Waals surface area contributed by atoms with Gasteiger partial charge in [-0.3, -0.25) is 0 Å². The summed E-state index contributed by atoms with van der Waals surface area (Å²) in [5.41, 5.74) is -0.0229. The molecular formula is C17H25F2NO. The smallest absolute Gasteiger partial charge is 0.129 e. The van der Waals surface area contributed by atoms with E-state index < -0.39 is 11.6 Å². The van der Waals surface area contributed by atoms with Gasteiger partial charge in [-0.05, 0) is 43.9 Å². The number of nitrogens with one attached hydrogen (secondary N) is 1. The van der Waals surface area contributed by atoms with Gasteiger partial charge in [-0.25, -0.2) is 8.78 Å². The molecule has 1 aliphatic heterocycles. The van der Waals surface area contributed by atoms with E-state index in [0.717, 1.165) is 32.5 Å². The van der Waals surface area contributed by atoms with Crippen molar-refractivity contribution in [3.8, 4) is 0 Å². The van der Waals surface area contributed by atoms with Crippen molar-refractivity contribution in [2.75, 3.05) is 26.3 Å². The Bertz CT molecular complexity index is 436. The summed E-state index contributed by atoms with van der Waals surface area (Å²) in [5, 5.41) is 3.43. The van der Waals surface area contributed by atoms with Crippen LogP contribution in [0.15, 0.2) is 18.2 Å². The topological polar surface area (TPSA) is 21.3 Å². The minimum absolute atomic E-state index is 0.189. The molecule has 0 aliphatic carbocycles. The molecule has 2 nitrogen and oxygen atoms in total. The van der Waals surface area contributed by atoms with Gasteiger partial charge in [0.25, 0.3) is 0 Å². The molecule has 1 unspecified atom stereocenters. The van der Waals surface area contributed by atoms with Crippen LogP contribution in [0.3, 0.4) is 0 Å². The van der Waals surface area contributed by atoms with Crippen LogP contribution in [0, 0.1) is 23.0 Å². The monoisotopic (exact) mass is 297 g/mol. The fourth-order valence-corrected chi connectivity index (χ4v) is 2.95. The first kappa shape index (κ1) is 16.4. The van der Waals surface area contributed by atoms with E-state index in [4.69, 9.17) is 4.74 Å². The zero-order valence-electron chi connectivity index (χ0n) is 12.9. The van der Waals surface area contributed by atoms with Gasteiger partial charge in [-0.1, -0.05) is 19.9 Å². The number of benzene rings is 1. The van der Waals surface area contributed by atoms with Crippen LogP contribution < -0.4 is 5.32 Å². The van der Waals surface area contributed by atoms with Gasteiger partial charge >= 0.3 is 0 Å². The molecular weight excluding hydrogens is 272 g/mol. The lowest BCUT2D eigenvalue weighted by molar-refractivity contribution is -0.00818. The number of hydrogen-bond donors (Lipinski definition) is 1.